The molecule has 0 saturated heterocycles. The summed E-state index contributed by atoms with van der Waals surface area (Å²) in [6, 6.07) is 6.13. The van der Waals surface area contributed by atoms with Crippen LogP contribution in [0.25, 0.3) is 0 Å². The first-order valence-corrected chi connectivity index (χ1v) is 11.4. The lowest BCUT2D eigenvalue weighted by Crippen LogP contribution is -2.26. The van der Waals surface area contributed by atoms with Gasteiger partial charge in [-0.05, 0) is 48.0 Å². The Morgan fingerprint density at radius 3 is 2.64 bits per heavy atom. The van der Waals surface area contributed by atoms with Crippen molar-refractivity contribution in [1.82, 2.24) is 9.97 Å². The van der Waals surface area contributed by atoms with Crippen LogP contribution in [0, 0.1) is 0 Å². The number of benzene rings is 1. The average molecular weight is 472 g/mol. The van der Waals surface area contributed by atoms with Crippen LogP contribution in [0.1, 0.15) is 13.8 Å². The molecular weight excluding hydrogens is 450 g/mol. The van der Waals surface area contributed by atoms with Gasteiger partial charge in [-0.1, -0.05) is 6.07 Å². The molecule has 1 aromatic carbocycles. The fourth-order valence-corrected chi connectivity index (χ4v) is 2.65. The van der Waals surface area contributed by atoms with Crippen LogP contribution < -0.4 is 15.4 Å². The van der Waals surface area contributed by atoms with Crippen LogP contribution in [-0.4, -0.2) is 50.0 Å². The minimum absolute atomic E-state index is 0.272. The zero-order valence-electron chi connectivity index (χ0n) is 15.8. The third kappa shape index (κ3) is 7.06. The molecule has 2 rings (SSSR count). The molecule has 0 bridgehead atoms. The van der Waals surface area contributed by atoms with E-state index in [1.165, 1.54) is 18.7 Å². The number of halogens is 1. The molecular formula is C17H22BrN5O4S. The van der Waals surface area contributed by atoms with Crippen LogP contribution in [0.15, 0.2) is 39.3 Å². The first kappa shape index (κ1) is 22.1. The Bertz CT molecular complexity index is 968. The highest BCUT2D eigenvalue weighted by Gasteiger charge is 2.15. The molecule has 0 unspecified atom stereocenters. The van der Waals surface area contributed by atoms with E-state index in [4.69, 9.17) is 4.74 Å². The van der Waals surface area contributed by atoms with Gasteiger partial charge in [0.2, 0.25) is 11.8 Å². The number of hydrogen-bond acceptors (Lipinski definition) is 7. The fraction of sp³-hybridized carbons (Fsp3) is 0.353. The maximum absolute atomic E-state index is 11.8. The van der Waals surface area contributed by atoms with E-state index < -0.39 is 28.0 Å². The van der Waals surface area contributed by atoms with Gasteiger partial charge in [0.15, 0.2) is 0 Å². The van der Waals surface area contributed by atoms with Crippen molar-refractivity contribution >= 4 is 49.0 Å². The number of aromatic nitrogens is 2. The van der Waals surface area contributed by atoms with Gasteiger partial charge >= 0.3 is 6.03 Å². The number of carbonyl (C=O) groups is 1. The summed E-state index contributed by atoms with van der Waals surface area (Å²) in [4.78, 5) is 20.2. The zero-order chi connectivity index (χ0) is 20.9. The minimum Gasteiger partial charge on any atom is -0.471 e. The van der Waals surface area contributed by atoms with Gasteiger partial charge in [-0.2, -0.15) is 4.98 Å². The third-order valence-electron chi connectivity index (χ3n) is 3.36. The van der Waals surface area contributed by atoms with Crippen LogP contribution in [0.3, 0.4) is 0 Å². The Morgan fingerprint density at radius 2 is 2.00 bits per heavy atom. The monoisotopic (exact) mass is 471 g/mol. The summed E-state index contributed by atoms with van der Waals surface area (Å²) >= 11 is 3.32. The van der Waals surface area contributed by atoms with Gasteiger partial charge in [0.05, 0.1) is 26.5 Å². The molecule has 1 heterocycles. The molecule has 0 aliphatic carbocycles. The number of anilines is 3. The highest BCUT2D eigenvalue weighted by molar-refractivity contribution is 9.10. The lowest BCUT2D eigenvalue weighted by atomic mass is 10.2. The number of carbonyl (C=O) groups excluding carboxylic acids is 1. The maximum Gasteiger partial charge on any atom is 0.353 e. The van der Waals surface area contributed by atoms with Crippen molar-refractivity contribution < 1.29 is 18.8 Å². The second kappa shape index (κ2) is 9.30. The van der Waals surface area contributed by atoms with Crippen molar-refractivity contribution in [3.05, 3.63) is 34.9 Å². The summed E-state index contributed by atoms with van der Waals surface area (Å²) in [6.45, 7) is 3.36. The van der Waals surface area contributed by atoms with Gasteiger partial charge in [0.1, 0.15) is 6.10 Å². The van der Waals surface area contributed by atoms with Gasteiger partial charge in [-0.25, -0.2) is 14.0 Å². The van der Waals surface area contributed by atoms with Gasteiger partial charge in [-0.3, -0.25) is 0 Å². The van der Waals surface area contributed by atoms with Crippen molar-refractivity contribution in [1.29, 1.82) is 0 Å². The molecule has 2 atom stereocenters. The van der Waals surface area contributed by atoms with E-state index >= 15 is 0 Å². The molecule has 11 heteroatoms. The van der Waals surface area contributed by atoms with E-state index in [1.54, 1.807) is 38.1 Å². The average Bonchev–Trinajstić information content (AvgIpc) is 2.56. The number of aliphatic hydroxyl groups is 1. The van der Waals surface area contributed by atoms with Gasteiger partial charge in [-0.15, -0.1) is 4.36 Å². The van der Waals surface area contributed by atoms with Crippen molar-refractivity contribution in [2.24, 2.45) is 4.36 Å². The first-order valence-electron chi connectivity index (χ1n) is 8.26. The SMILES string of the molecule is C[C@@H](O)[C@@H](C)Oc1nc(Nc2cccc(NC(=O)N=S(C)(C)=O)c2)ncc1Br. The predicted molar refractivity (Wildman–Crippen MR) is 113 cm³/mol. The van der Waals surface area contributed by atoms with Crippen LogP contribution in [0.5, 0.6) is 5.88 Å². The molecule has 28 heavy (non-hydrogen) atoms. The molecule has 0 saturated carbocycles. The third-order valence-corrected chi connectivity index (χ3v) is 4.51. The summed E-state index contributed by atoms with van der Waals surface area (Å²) in [6.07, 6.45) is 3.18. The molecule has 0 fully saturated rings. The summed E-state index contributed by atoms with van der Waals surface area (Å²) in [7, 11) is -2.54. The van der Waals surface area contributed by atoms with E-state index in [1.807, 2.05) is 0 Å². The second-order valence-electron chi connectivity index (χ2n) is 6.32. The molecule has 1 aromatic heterocycles. The van der Waals surface area contributed by atoms with Crippen LogP contribution in [0.2, 0.25) is 0 Å². The Kier molecular flexibility index (Phi) is 7.33. The van der Waals surface area contributed by atoms with Crippen molar-refractivity contribution in [2.45, 2.75) is 26.1 Å². The number of rotatable bonds is 6. The summed E-state index contributed by atoms with van der Waals surface area (Å²) < 4.78 is 21.3. The molecule has 2 amide bonds. The molecule has 0 aliphatic heterocycles. The number of nitrogens with one attached hydrogen (secondary N) is 2. The fourth-order valence-electron chi connectivity index (χ4n) is 1.92. The number of hydrogen-bond donors (Lipinski definition) is 3. The van der Waals surface area contributed by atoms with Gasteiger partial charge in [0, 0.05) is 23.9 Å². The molecule has 9 nitrogen and oxygen atoms in total. The molecule has 0 aliphatic rings. The highest BCUT2D eigenvalue weighted by Crippen LogP contribution is 2.26. The Balaban J connectivity index is 2.16. The lowest BCUT2D eigenvalue weighted by Gasteiger charge is -2.17. The number of ether oxygens (including phenoxy) is 1. The second-order valence-corrected chi connectivity index (χ2v) is 9.72. The lowest BCUT2D eigenvalue weighted by molar-refractivity contribution is 0.0569. The summed E-state index contributed by atoms with van der Waals surface area (Å²) in [5.41, 5.74) is 1.09. The number of urea groups is 1. The molecule has 152 valence electrons. The van der Waals surface area contributed by atoms with Gasteiger partial charge < -0.3 is 20.5 Å². The minimum atomic E-state index is -2.54. The standard InChI is InChI=1S/C17H22BrN5O4S/c1-10(24)11(2)27-15-14(18)9-19-16(22-15)20-12-6-5-7-13(8-12)21-17(25)23-28(3,4)26/h5-11,24H,1-4H3,(H,21,25)(H,19,20,22)/t10-,11-/m1/s1. The zero-order valence-corrected chi connectivity index (χ0v) is 18.2. The topological polar surface area (TPSA) is 126 Å². The van der Waals surface area contributed by atoms with Gasteiger partial charge in [0.25, 0.3) is 0 Å². The Labute approximate surface area is 172 Å². The molecule has 0 spiro atoms. The van der Waals surface area contributed by atoms with Crippen molar-refractivity contribution in [3.8, 4) is 5.88 Å². The smallest absolute Gasteiger partial charge is 0.353 e. The highest BCUT2D eigenvalue weighted by atomic mass is 79.9. The van der Waals surface area contributed by atoms with Crippen LogP contribution in [-0.2, 0) is 9.73 Å². The molecule has 0 radical (unpaired) electrons. The maximum atomic E-state index is 11.8. The van der Waals surface area contributed by atoms with E-state index in [0.717, 1.165) is 0 Å². The van der Waals surface area contributed by atoms with Crippen molar-refractivity contribution in [2.75, 3.05) is 23.1 Å². The van der Waals surface area contributed by atoms with Crippen molar-refractivity contribution in [3.63, 3.8) is 0 Å². The van der Waals surface area contributed by atoms with E-state index in [0.29, 0.717) is 15.8 Å². The molecule has 3 N–H and O–H groups in total. The number of nitrogens with zero attached hydrogens (tertiary/aromatic N) is 3. The Hall–Kier alpha value is -2.24. The van der Waals surface area contributed by atoms with Crippen LogP contribution >= 0.6 is 15.9 Å². The number of amides is 2. The van der Waals surface area contributed by atoms with E-state index in [2.05, 4.69) is 40.9 Å². The normalized spacial score (nSPS) is 13.4. The summed E-state index contributed by atoms with van der Waals surface area (Å²) in [5, 5.41) is 15.2. The predicted octanol–water partition coefficient (Wildman–Crippen LogP) is 3.39. The molecule has 2 aromatic rings. The summed E-state index contributed by atoms with van der Waals surface area (Å²) in [5.74, 6) is 0.559. The van der Waals surface area contributed by atoms with E-state index in [9.17, 15) is 14.1 Å². The van der Waals surface area contributed by atoms with E-state index in [-0.39, 0.29) is 11.8 Å². The first-order chi connectivity index (χ1) is 13.0. The van der Waals surface area contributed by atoms with Crippen LogP contribution in [0.4, 0.5) is 22.1 Å². The Morgan fingerprint density at radius 1 is 1.32 bits per heavy atom. The quantitative estimate of drug-likeness (QED) is 0.588. The number of aliphatic hydroxyl groups excluding tert-OH is 1. The largest absolute Gasteiger partial charge is 0.471 e.